The van der Waals surface area contributed by atoms with Gasteiger partial charge >= 0.3 is 5.97 Å². The summed E-state index contributed by atoms with van der Waals surface area (Å²) in [6, 6.07) is 15.8. The van der Waals surface area contributed by atoms with Crippen LogP contribution < -0.4 is 19.5 Å². The fraction of sp³-hybridized carbons (Fsp3) is 0.250. The van der Waals surface area contributed by atoms with Crippen molar-refractivity contribution in [3.05, 3.63) is 81.7 Å². The van der Waals surface area contributed by atoms with Crippen LogP contribution in [0.15, 0.2) is 69.3 Å². The Balaban J connectivity index is 1.66. The first-order chi connectivity index (χ1) is 17.9. The third-order valence-electron chi connectivity index (χ3n) is 5.05. The number of rotatable bonds is 12. The molecule has 0 unspecified atom stereocenters. The number of carbonyl (C=O) groups excluding carboxylic acids is 2. The van der Waals surface area contributed by atoms with Crippen LogP contribution in [0.2, 0.25) is 0 Å². The van der Waals surface area contributed by atoms with Gasteiger partial charge in [0.1, 0.15) is 23.2 Å². The lowest BCUT2D eigenvalue weighted by atomic mass is 10.1. The highest BCUT2D eigenvalue weighted by molar-refractivity contribution is 9.10. The van der Waals surface area contributed by atoms with Crippen molar-refractivity contribution in [1.82, 2.24) is 5.32 Å². The molecule has 1 amide bonds. The first-order valence-corrected chi connectivity index (χ1v) is 12.5. The monoisotopic (exact) mass is 566 g/mol. The molecule has 0 bridgehead atoms. The van der Waals surface area contributed by atoms with Crippen LogP contribution in [0.25, 0.3) is 6.08 Å². The van der Waals surface area contributed by atoms with E-state index in [4.69, 9.17) is 18.6 Å². The molecule has 9 heteroatoms. The Bertz CT molecular complexity index is 1290. The average Bonchev–Trinajstić information content (AvgIpc) is 3.41. The molecule has 3 aromatic rings. The van der Waals surface area contributed by atoms with Crippen LogP contribution in [-0.2, 0) is 22.6 Å². The molecular weight excluding hydrogens is 540 g/mol. The molecule has 0 aliphatic rings. The molecule has 0 aliphatic heterocycles. The van der Waals surface area contributed by atoms with Crippen molar-refractivity contribution in [3.63, 3.8) is 0 Å². The summed E-state index contributed by atoms with van der Waals surface area (Å²) in [5.41, 5.74) is 1.61. The zero-order valence-electron chi connectivity index (χ0n) is 20.6. The molecule has 1 N–H and O–H groups in total. The number of esters is 1. The number of aryl methyl sites for hydroxylation is 1. The molecule has 0 aliphatic carbocycles. The van der Waals surface area contributed by atoms with Gasteiger partial charge in [0.2, 0.25) is 0 Å². The summed E-state index contributed by atoms with van der Waals surface area (Å²) in [5.74, 6) is 0.452. The molecule has 0 saturated carbocycles. The number of nitrogens with one attached hydrogen (secondary N) is 1. The highest BCUT2D eigenvalue weighted by Gasteiger charge is 2.15. The summed E-state index contributed by atoms with van der Waals surface area (Å²) in [5, 5.41) is 12.1. The van der Waals surface area contributed by atoms with Crippen LogP contribution >= 0.6 is 15.9 Å². The average molecular weight is 567 g/mol. The first kappa shape index (κ1) is 27.6. The smallest absolute Gasteiger partial charge is 0.349 e. The van der Waals surface area contributed by atoms with Crippen molar-refractivity contribution < 1.29 is 28.2 Å². The van der Waals surface area contributed by atoms with Gasteiger partial charge in [0.25, 0.3) is 5.91 Å². The predicted octanol–water partition coefficient (Wildman–Crippen LogP) is 5.60. The number of furan rings is 1. The summed E-state index contributed by atoms with van der Waals surface area (Å²) in [6.45, 7) is 4.08. The topological polar surface area (TPSA) is 111 Å². The van der Waals surface area contributed by atoms with Crippen molar-refractivity contribution >= 4 is 33.9 Å². The van der Waals surface area contributed by atoms with Crippen molar-refractivity contribution in [1.29, 1.82) is 5.26 Å². The Kier molecular flexibility index (Phi) is 10.4. The number of hydrogen-bond donors (Lipinski definition) is 1. The van der Waals surface area contributed by atoms with E-state index < -0.39 is 11.9 Å². The molecule has 1 aromatic heterocycles. The molecule has 0 radical (unpaired) electrons. The highest BCUT2D eigenvalue weighted by Crippen LogP contribution is 2.30. The minimum atomic E-state index is -0.608. The van der Waals surface area contributed by atoms with E-state index >= 15 is 0 Å². The van der Waals surface area contributed by atoms with Crippen molar-refractivity contribution in [2.24, 2.45) is 0 Å². The lowest BCUT2D eigenvalue weighted by molar-refractivity contribution is -0.136. The largest absolute Gasteiger partial charge is 0.490 e. The van der Waals surface area contributed by atoms with E-state index in [9.17, 15) is 14.9 Å². The highest BCUT2D eigenvalue weighted by atomic mass is 79.9. The lowest BCUT2D eigenvalue weighted by Crippen LogP contribution is -2.23. The van der Waals surface area contributed by atoms with E-state index in [2.05, 4.69) is 28.2 Å². The van der Waals surface area contributed by atoms with E-state index in [1.165, 1.54) is 17.9 Å². The van der Waals surface area contributed by atoms with Gasteiger partial charge in [-0.15, -0.1) is 0 Å². The van der Waals surface area contributed by atoms with E-state index in [0.29, 0.717) is 29.4 Å². The molecule has 8 nitrogen and oxygen atoms in total. The minimum absolute atomic E-state index is 0.0947. The Hall–Kier alpha value is -4.03. The molecule has 3 rings (SSSR count). The van der Waals surface area contributed by atoms with Gasteiger partial charge < -0.3 is 23.9 Å². The molecule has 192 valence electrons. The summed E-state index contributed by atoms with van der Waals surface area (Å²) < 4.78 is 22.6. The van der Waals surface area contributed by atoms with Crippen LogP contribution in [-0.4, -0.2) is 25.1 Å². The molecule has 2 aromatic carbocycles. The van der Waals surface area contributed by atoms with E-state index in [-0.39, 0.29) is 24.5 Å². The zero-order valence-corrected chi connectivity index (χ0v) is 22.2. The van der Waals surface area contributed by atoms with Gasteiger partial charge in [-0.1, -0.05) is 25.5 Å². The Labute approximate surface area is 224 Å². The normalized spacial score (nSPS) is 10.9. The summed E-state index contributed by atoms with van der Waals surface area (Å²) in [6.07, 6.45) is 4.92. The molecule has 0 atom stereocenters. The molecular formula is C28H27BrN2O6. The third-order valence-corrected chi connectivity index (χ3v) is 5.67. The van der Waals surface area contributed by atoms with Crippen LogP contribution in [0.3, 0.4) is 0 Å². The molecule has 1 heterocycles. The number of nitrogens with zero attached hydrogens (tertiary/aromatic N) is 1. The standard InChI is InChI=1S/C28H27BrN2O6/c1-3-6-19-8-10-24(23(29)14-19)36-18-27(32)37-25-11-9-20(15-26(25)34-4-2)13-21(16-30)28(33)31-17-22-7-5-12-35-22/h5,7-15H,3-4,6,17-18H2,1-2H3,(H,31,33)/b21-13+. The maximum Gasteiger partial charge on any atom is 0.349 e. The van der Waals surface area contributed by atoms with Gasteiger partial charge in [0, 0.05) is 0 Å². The van der Waals surface area contributed by atoms with Crippen molar-refractivity contribution in [2.45, 2.75) is 33.2 Å². The summed E-state index contributed by atoms with van der Waals surface area (Å²) in [4.78, 5) is 24.9. The van der Waals surface area contributed by atoms with Crippen LogP contribution in [0.5, 0.6) is 17.2 Å². The lowest BCUT2D eigenvalue weighted by Gasteiger charge is -2.13. The van der Waals surface area contributed by atoms with Gasteiger partial charge in [-0.2, -0.15) is 5.26 Å². The number of halogens is 1. The van der Waals surface area contributed by atoms with Gasteiger partial charge in [-0.25, -0.2) is 4.79 Å². The SMILES string of the molecule is CCCc1ccc(OCC(=O)Oc2ccc(/C=C(\C#N)C(=O)NCc3ccco3)cc2OCC)c(Br)c1. The maximum atomic E-state index is 12.5. The number of nitriles is 1. The van der Waals surface area contributed by atoms with Gasteiger partial charge in [-0.05, 0) is 82.9 Å². The van der Waals surface area contributed by atoms with E-state index in [1.807, 2.05) is 24.3 Å². The molecule has 0 fully saturated rings. The van der Waals surface area contributed by atoms with Crippen LogP contribution in [0.1, 0.15) is 37.2 Å². The number of benzene rings is 2. The molecule has 0 saturated heterocycles. The first-order valence-electron chi connectivity index (χ1n) is 11.7. The van der Waals surface area contributed by atoms with Gasteiger partial charge in [0.05, 0.1) is 23.9 Å². The minimum Gasteiger partial charge on any atom is -0.490 e. The van der Waals surface area contributed by atoms with Crippen LogP contribution in [0, 0.1) is 11.3 Å². The Morgan fingerprint density at radius 3 is 2.57 bits per heavy atom. The van der Waals surface area contributed by atoms with Gasteiger partial charge in [-0.3, -0.25) is 4.79 Å². The van der Waals surface area contributed by atoms with Crippen molar-refractivity contribution in [2.75, 3.05) is 13.2 Å². The quantitative estimate of drug-likeness (QED) is 0.131. The Morgan fingerprint density at radius 1 is 1.08 bits per heavy atom. The number of amides is 1. The van der Waals surface area contributed by atoms with Gasteiger partial charge in [0.15, 0.2) is 18.1 Å². The second kappa shape index (κ2) is 13.9. The summed E-state index contributed by atoms with van der Waals surface area (Å²) in [7, 11) is 0. The fourth-order valence-electron chi connectivity index (χ4n) is 3.35. The number of ether oxygens (including phenoxy) is 3. The third kappa shape index (κ3) is 8.26. The fourth-order valence-corrected chi connectivity index (χ4v) is 3.89. The molecule has 0 spiro atoms. The second-order valence-electron chi connectivity index (χ2n) is 7.85. The Morgan fingerprint density at radius 2 is 1.89 bits per heavy atom. The van der Waals surface area contributed by atoms with Crippen molar-refractivity contribution in [3.8, 4) is 23.3 Å². The zero-order chi connectivity index (χ0) is 26.6. The second-order valence-corrected chi connectivity index (χ2v) is 8.70. The van der Waals surface area contributed by atoms with E-state index in [1.54, 1.807) is 37.3 Å². The predicted molar refractivity (Wildman–Crippen MR) is 141 cm³/mol. The molecule has 37 heavy (non-hydrogen) atoms. The number of hydrogen-bond acceptors (Lipinski definition) is 7. The van der Waals surface area contributed by atoms with Crippen LogP contribution in [0.4, 0.5) is 0 Å². The summed E-state index contributed by atoms with van der Waals surface area (Å²) >= 11 is 3.47. The number of carbonyl (C=O) groups is 2. The van der Waals surface area contributed by atoms with E-state index in [0.717, 1.165) is 17.3 Å². The maximum absolute atomic E-state index is 12.5.